The lowest BCUT2D eigenvalue weighted by Gasteiger charge is -2.45. The second-order valence-electron chi connectivity index (χ2n) is 5.85. The van der Waals surface area contributed by atoms with Crippen molar-refractivity contribution in [3.8, 4) is 0 Å². The summed E-state index contributed by atoms with van der Waals surface area (Å²) >= 11 is 0. The molecule has 0 amide bonds. The van der Waals surface area contributed by atoms with Gasteiger partial charge in [-0.2, -0.15) is 0 Å². The van der Waals surface area contributed by atoms with Crippen LogP contribution in [0.5, 0.6) is 0 Å². The molecule has 2 aliphatic rings. The molecule has 2 nitrogen and oxygen atoms in total. The summed E-state index contributed by atoms with van der Waals surface area (Å²) in [5, 5.41) is 0. The molecule has 0 radical (unpaired) electrons. The van der Waals surface area contributed by atoms with Crippen molar-refractivity contribution in [2.45, 2.75) is 52.0 Å². The maximum absolute atomic E-state index is 11.0. The Kier molecular flexibility index (Phi) is 2.89. The number of hydrogen-bond donors (Lipinski definition) is 1. The van der Waals surface area contributed by atoms with Crippen LogP contribution in [0.2, 0.25) is 0 Å². The molecule has 0 bridgehead atoms. The quantitative estimate of drug-likeness (QED) is 0.709. The van der Waals surface area contributed by atoms with Gasteiger partial charge in [-0.15, -0.1) is 0 Å². The van der Waals surface area contributed by atoms with Gasteiger partial charge in [0.2, 0.25) is 0 Å². The monoisotopic (exact) mass is 209 g/mol. The van der Waals surface area contributed by atoms with E-state index in [0.717, 1.165) is 6.29 Å². The van der Waals surface area contributed by atoms with Gasteiger partial charge in [-0.3, -0.25) is 0 Å². The van der Waals surface area contributed by atoms with Gasteiger partial charge in [0.1, 0.15) is 6.29 Å². The third-order valence-electron chi connectivity index (χ3n) is 5.10. The number of aldehydes is 1. The van der Waals surface area contributed by atoms with Gasteiger partial charge in [0.25, 0.3) is 0 Å². The van der Waals surface area contributed by atoms with Crippen molar-refractivity contribution in [1.82, 2.24) is 0 Å². The largest absolute Gasteiger partial charge is 0.327 e. The summed E-state index contributed by atoms with van der Waals surface area (Å²) in [5.74, 6) is 1.45. The Bertz CT molecular complexity index is 253. The third kappa shape index (κ3) is 1.63. The van der Waals surface area contributed by atoms with Crippen molar-refractivity contribution in [3.05, 3.63) is 0 Å². The summed E-state index contributed by atoms with van der Waals surface area (Å²) in [6.45, 7) is 4.44. The van der Waals surface area contributed by atoms with Crippen LogP contribution >= 0.6 is 0 Å². The number of carbonyl (C=O) groups excluding carboxylic acids is 1. The van der Waals surface area contributed by atoms with Crippen LogP contribution in [0.25, 0.3) is 0 Å². The van der Waals surface area contributed by atoms with Crippen molar-refractivity contribution in [2.75, 3.05) is 0 Å². The third-order valence-corrected chi connectivity index (χ3v) is 5.10. The molecule has 2 rings (SSSR count). The van der Waals surface area contributed by atoms with E-state index in [1.165, 1.54) is 32.1 Å². The molecule has 86 valence electrons. The molecule has 0 aliphatic heterocycles. The average molecular weight is 209 g/mol. The zero-order chi connectivity index (χ0) is 11.1. The van der Waals surface area contributed by atoms with E-state index in [0.29, 0.717) is 23.3 Å². The first-order valence-corrected chi connectivity index (χ1v) is 6.30. The zero-order valence-corrected chi connectivity index (χ0v) is 9.91. The summed E-state index contributed by atoms with van der Waals surface area (Å²) in [6, 6.07) is 0.382. The Balaban J connectivity index is 2.20. The number of nitrogens with two attached hydrogens (primary N) is 1. The Morgan fingerprint density at radius 3 is 2.80 bits per heavy atom. The van der Waals surface area contributed by atoms with E-state index in [2.05, 4.69) is 13.8 Å². The van der Waals surface area contributed by atoms with E-state index in [1.54, 1.807) is 0 Å². The second-order valence-corrected chi connectivity index (χ2v) is 5.85. The first kappa shape index (κ1) is 11.1. The molecule has 3 unspecified atom stereocenters. The summed E-state index contributed by atoms with van der Waals surface area (Å²) in [7, 11) is 0. The van der Waals surface area contributed by atoms with E-state index in [9.17, 15) is 4.79 Å². The van der Waals surface area contributed by atoms with Gasteiger partial charge >= 0.3 is 0 Å². The summed E-state index contributed by atoms with van der Waals surface area (Å²) in [5.41, 5.74) is 6.57. The minimum atomic E-state index is 0.213. The molecule has 2 aliphatic carbocycles. The molecule has 0 saturated heterocycles. The summed E-state index contributed by atoms with van der Waals surface area (Å²) in [6.07, 6.45) is 7.28. The molecule has 0 heterocycles. The number of hydrogen-bond acceptors (Lipinski definition) is 2. The van der Waals surface area contributed by atoms with Gasteiger partial charge in [-0.25, -0.2) is 0 Å². The van der Waals surface area contributed by atoms with Gasteiger partial charge in [-0.1, -0.05) is 20.3 Å². The maximum Gasteiger partial charge on any atom is 0.123 e. The fourth-order valence-corrected chi connectivity index (χ4v) is 4.25. The van der Waals surface area contributed by atoms with Crippen molar-refractivity contribution >= 4 is 6.29 Å². The summed E-state index contributed by atoms with van der Waals surface area (Å²) in [4.78, 5) is 11.0. The van der Waals surface area contributed by atoms with E-state index >= 15 is 0 Å². The predicted octanol–water partition coefficient (Wildman–Crippen LogP) is 2.37. The van der Waals surface area contributed by atoms with Crippen LogP contribution in [0.4, 0.5) is 0 Å². The van der Waals surface area contributed by atoms with E-state index in [1.807, 2.05) is 0 Å². The Hall–Kier alpha value is -0.370. The highest BCUT2D eigenvalue weighted by molar-refractivity contribution is 5.53. The topological polar surface area (TPSA) is 43.1 Å². The average Bonchev–Trinajstić information content (AvgIpc) is 2.56. The minimum absolute atomic E-state index is 0.213. The van der Waals surface area contributed by atoms with Crippen molar-refractivity contribution < 1.29 is 4.79 Å². The van der Waals surface area contributed by atoms with Crippen LogP contribution in [0.1, 0.15) is 46.0 Å². The first-order chi connectivity index (χ1) is 7.09. The highest BCUT2D eigenvalue weighted by atomic mass is 16.1. The lowest BCUT2D eigenvalue weighted by molar-refractivity contribution is -0.113. The normalized spacial score (nSPS) is 47.3. The Morgan fingerprint density at radius 1 is 1.40 bits per heavy atom. The highest BCUT2D eigenvalue weighted by Crippen LogP contribution is 2.56. The van der Waals surface area contributed by atoms with Gasteiger partial charge < -0.3 is 10.5 Å². The van der Waals surface area contributed by atoms with Crippen LogP contribution in [-0.2, 0) is 4.79 Å². The van der Waals surface area contributed by atoms with Crippen LogP contribution < -0.4 is 5.73 Å². The lowest BCUT2D eigenvalue weighted by Crippen LogP contribution is -2.45. The van der Waals surface area contributed by atoms with Crippen LogP contribution in [0, 0.1) is 23.2 Å². The number of rotatable bonds is 2. The molecule has 0 aromatic rings. The molecule has 0 aromatic carbocycles. The van der Waals surface area contributed by atoms with E-state index in [-0.39, 0.29) is 5.92 Å². The summed E-state index contributed by atoms with van der Waals surface area (Å²) < 4.78 is 0. The number of carbonyl (C=O) groups is 1. The van der Waals surface area contributed by atoms with Gasteiger partial charge in [0.05, 0.1) is 0 Å². The van der Waals surface area contributed by atoms with Crippen molar-refractivity contribution in [3.63, 3.8) is 0 Å². The lowest BCUT2D eigenvalue weighted by atomic mass is 9.61. The molecule has 15 heavy (non-hydrogen) atoms. The molecular weight excluding hydrogens is 186 g/mol. The fraction of sp³-hybridized carbons (Fsp3) is 0.923. The Labute approximate surface area is 92.6 Å². The second kappa shape index (κ2) is 3.89. The smallest absolute Gasteiger partial charge is 0.123 e. The van der Waals surface area contributed by atoms with E-state index < -0.39 is 0 Å². The predicted molar refractivity (Wildman–Crippen MR) is 61.4 cm³/mol. The molecule has 2 heteroatoms. The number of fused-ring (bicyclic) bond motifs is 1. The van der Waals surface area contributed by atoms with Crippen LogP contribution in [-0.4, -0.2) is 12.3 Å². The minimum Gasteiger partial charge on any atom is -0.327 e. The molecule has 0 spiro atoms. The standard InChI is InChI=1S/C13H23NO/c1-9(8-15)10-5-6-11-12(14)4-3-7-13(10,11)2/h8-12H,3-7,14H2,1-2H3/t9-,10?,11?,12?,13+/m0/s1. The SMILES string of the molecule is C[C@@H](C=O)C1CCC2C(N)CCC[C@@]21C. The van der Waals surface area contributed by atoms with E-state index in [4.69, 9.17) is 5.73 Å². The molecule has 2 saturated carbocycles. The van der Waals surface area contributed by atoms with Gasteiger partial charge in [0, 0.05) is 12.0 Å². The molecular formula is C13H23NO. The maximum atomic E-state index is 11.0. The van der Waals surface area contributed by atoms with Crippen molar-refractivity contribution in [1.29, 1.82) is 0 Å². The zero-order valence-electron chi connectivity index (χ0n) is 9.91. The molecule has 0 aromatic heterocycles. The highest BCUT2D eigenvalue weighted by Gasteiger charge is 2.51. The van der Waals surface area contributed by atoms with Gasteiger partial charge in [0.15, 0.2) is 0 Å². The molecule has 2 N–H and O–H groups in total. The fourth-order valence-electron chi connectivity index (χ4n) is 4.25. The first-order valence-electron chi connectivity index (χ1n) is 6.30. The Morgan fingerprint density at radius 2 is 2.13 bits per heavy atom. The van der Waals surface area contributed by atoms with Crippen molar-refractivity contribution in [2.24, 2.45) is 28.9 Å². The van der Waals surface area contributed by atoms with Crippen LogP contribution in [0.15, 0.2) is 0 Å². The van der Waals surface area contributed by atoms with Crippen LogP contribution in [0.3, 0.4) is 0 Å². The van der Waals surface area contributed by atoms with Gasteiger partial charge in [-0.05, 0) is 42.9 Å². The molecule has 5 atom stereocenters. The molecule has 2 fully saturated rings.